The molecule has 5 N–H and O–H groups in total. The van der Waals surface area contributed by atoms with Crippen LogP contribution in [0.15, 0.2) is 47.5 Å². The highest BCUT2D eigenvalue weighted by atomic mass is 31.2. The van der Waals surface area contributed by atoms with Crippen LogP contribution < -0.4 is 10.8 Å². The molecule has 214 valence electrons. The fourth-order valence-corrected chi connectivity index (χ4v) is 4.02. The van der Waals surface area contributed by atoms with Crippen molar-refractivity contribution in [3.05, 3.63) is 70.5 Å². The van der Waals surface area contributed by atoms with E-state index in [4.69, 9.17) is 25.0 Å². The molecule has 0 aromatic heterocycles. The minimum atomic E-state index is -5.04. The van der Waals surface area contributed by atoms with Gasteiger partial charge in [-0.2, -0.15) is 31.3 Å². The number of nitrogens with two attached hydrogens (primary N) is 1. The summed E-state index contributed by atoms with van der Waals surface area (Å²) in [6, 6.07) is 4.01. The topological polar surface area (TPSA) is 130 Å². The third kappa shape index (κ3) is 8.81. The summed E-state index contributed by atoms with van der Waals surface area (Å²) in [7, 11) is -2.78. The predicted molar refractivity (Wildman–Crippen MR) is 123 cm³/mol. The van der Waals surface area contributed by atoms with Crippen molar-refractivity contribution in [3.8, 4) is 0 Å². The molecule has 0 saturated carbocycles. The summed E-state index contributed by atoms with van der Waals surface area (Å²) in [6.45, 7) is -0.772. The zero-order chi connectivity index (χ0) is 29.0. The van der Waals surface area contributed by atoms with Gasteiger partial charge in [0.05, 0.1) is 36.9 Å². The molecule has 2 amide bonds. The molecule has 2 aromatic carbocycles. The van der Waals surface area contributed by atoms with Crippen LogP contribution in [0.2, 0.25) is 0 Å². The molecule has 1 aliphatic rings. The zero-order valence-corrected chi connectivity index (χ0v) is 20.6. The van der Waals surface area contributed by atoms with Gasteiger partial charge in [-0.1, -0.05) is 12.1 Å². The molecule has 2 aromatic rings. The van der Waals surface area contributed by atoms with Gasteiger partial charge in [0.1, 0.15) is 11.7 Å². The molecule has 0 aliphatic carbocycles. The SMILES string of the molecule is N/C(CN1CCO[C@H](OCc2cc(C(F)(F)F)cc(C(F)(F)F)c2)[C@@H]1c1ccc(F)cc1)=N\C(=O)NP(O)O. The molecule has 1 saturated heterocycles. The Balaban J connectivity index is 1.88. The van der Waals surface area contributed by atoms with Crippen molar-refractivity contribution in [3.63, 3.8) is 0 Å². The number of carbonyl (C=O) groups is 1. The van der Waals surface area contributed by atoms with Gasteiger partial charge in [0.25, 0.3) is 8.53 Å². The maximum atomic E-state index is 13.6. The molecule has 1 heterocycles. The second kappa shape index (κ2) is 12.5. The highest BCUT2D eigenvalue weighted by Gasteiger charge is 2.38. The van der Waals surface area contributed by atoms with Gasteiger partial charge in [-0.3, -0.25) is 9.99 Å². The zero-order valence-electron chi connectivity index (χ0n) is 19.7. The number of aliphatic imine (C=N–C) groups is 1. The number of amides is 2. The van der Waals surface area contributed by atoms with Crippen LogP contribution >= 0.6 is 8.53 Å². The van der Waals surface area contributed by atoms with Crippen molar-refractivity contribution in [1.82, 2.24) is 9.99 Å². The fourth-order valence-electron chi connectivity index (χ4n) is 3.80. The van der Waals surface area contributed by atoms with Crippen molar-refractivity contribution >= 4 is 20.4 Å². The van der Waals surface area contributed by atoms with Gasteiger partial charge >= 0.3 is 18.4 Å². The minimum absolute atomic E-state index is 0.00112. The molecule has 39 heavy (non-hydrogen) atoms. The van der Waals surface area contributed by atoms with Crippen LogP contribution in [-0.2, 0) is 28.4 Å². The smallest absolute Gasteiger partial charge is 0.386 e. The van der Waals surface area contributed by atoms with Gasteiger partial charge in [-0.25, -0.2) is 9.18 Å². The Morgan fingerprint density at radius 3 is 2.23 bits per heavy atom. The maximum Gasteiger partial charge on any atom is 0.416 e. The number of nitrogens with one attached hydrogen (secondary N) is 1. The van der Waals surface area contributed by atoms with Gasteiger partial charge in [0.15, 0.2) is 6.29 Å². The van der Waals surface area contributed by atoms with E-state index in [1.54, 1.807) is 9.99 Å². The molecule has 17 heteroatoms. The lowest BCUT2D eigenvalue weighted by Crippen LogP contribution is -2.49. The molecule has 0 spiro atoms. The Morgan fingerprint density at radius 2 is 1.69 bits per heavy atom. The molecule has 1 fully saturated rings. The molecule has 3 rings (SSSR count). The predicted octanol–water partition coefficient (Wildman–Crippen LogP) is 4.06. The standard InChI is InChI=1S/C22H22F7N4O5P/c23-16-3-1-13(2-4-16)18-19(37-6-5-33(18)10-17(30)31-20(34)32-39(35)36)38-11-12-7-14(21(24,25)26)9-15(8-12)22(27,28)29/h1-4,7-9,18-19,35-36H,5-6,10-11H2,(H3,30,31,32,34)/t18-,19+/m0/s1. The number of urea groups is 1. The van der Waals surface area contributed by atoms with Crippen LogP contribution in [0.5, 0.6) is 0 Å². The number of halogens is 7. The Hall–Kier alpha value is -2.88. The van der Waals surface area contributed by atoms with Crippen molar-refractivity contribution in [2.75, 3.05) is 19.7 Å². The summed E-state index contributed by atoms with van der Waals surface area (Å²) in [5, 5.41) is 1.74. The average Bonchev–Trinajstić information content (AvgIpc) is 2.81. The van der Waals surface area contributed by atoms with Crippen molar-refractivity contribution in [2.24, 2.45) is 10.7 Å². The lowest BCUT2D eigenvalue weighted by molar-refractivity contribution is -0.214. The lowest BCUT2D eigenvalue weighted by Gasteiger charge is -2.41. The molecule has 1 aliphatic heterocycles. The highest BCUT2D eigenvalue weighted by molar-refractivity contribution is 7.43. The number of nitrogens with zero attached hydrogens (tertiary/aromatic N) is 2. The normalized spacial score (nSPS) is 19.4. The van der Waals surface area contributed by atoms with E-state index in [1.165, 1.54) is 12.1 Å². The first-order valence-electron chi connectivity index (χ1n) is 11.0. The Morgan fingerprint density at radius 1 is 1.10 bits per heavy atom. The Labute approximate surface area is 218 Å². The molecule has 9 nitrogen and oxygen atoms in total. The molecule has 0 bridgehead atoms. The number of hydrogen-bond acceptors (Lipinski definition) is 6. The van der Waals surface area contributed by atoms with Gasteiger partial charge in [0, 0.05) is 6.54 Å². The van der Waals surface area contributed by atoms with Crippen molar-refractivity contribution < 1.29 is 54.8 Å². The molecule has 0 unspecified atom stereocenters. The largest absolute Gasteiger partial charge is 0.416 e. The fraction of sp³-hybridized carbons (Fsp3) is 0.364. The molecule has 0 radical (unpaired) electrons. The molecular formula is C22H22F7N4O5P. The van der Waals surface area contributed by atoms with Crippen LogP contribution in [-0.4, -0.2) is 52.5 Å². The van der Waals surface area contributed by atoms with Crippen LogP contribution in [0, 0.1) is 5.82 Å². The van der Waals surface area contributed by atoms with Gasteiger partial charge in [0.2, 0.25) is 0 Å². The quantitative estimate of drug-likeness (QED) is 0.167. The first-order chi connectivity index (χ1) is 18.1. The van der Waals surface area contributed by atoms with E-state index in [-0.39, 0.29) is 31.6 Å². The van der Waals surface area contributed by atoms with E-state index >= 15 is 0 Å². The van der Waals surface area contributed by atoms with E-state index < -0.39 is 68.4 Å². The number of carbonyl (C=O) groups excluding carboxylic acids is 1. The van der Waals surface area contributed by atoms with Gasteiger partial charge < -0.3 is 25.0 Å². The second-order valence-corrected chi connectivity index (χ2v) is 9.04. The Bertz CT molecular complexity index is 1150. The minimum Gasteiger partial charge on any atom is -0.386 e. The highest BCUT2D eigenvalue weighted by Crippen LogP contribution is 2.37. The Kier molecular flexibility index (Phi) is 9.85. The van der Waals surface area contributed by atoms with Crippen LogP contribution in [0.3, 0.4) is 0 Å². The number of amidine groups is 1. The number of benzene rings is 2. The number of morpholine rings is 1. The molecular weight excluding hydrogens is 564 g/mol. The maximum absolute atomic E-state index is 13.6. The molecule has 2 atom stereocenters. The monoisotopic (exact) mass is 586 g/mol. The number of rotatable bonds is 7. The lowest BCUT2D eigenvalue weighted by atomic mass is 10.0. The van der Waals surface area contributed by atoms with E-state index in [0.717, 1.165) is 12.1 Å². The first-order valence-corrected chi connectivity index (χ1v) is 12.2. The number of ether oxygens (including phenoxy) is 2. The van der Waals surface area contributed by atoms with Gasteiger partial charge in [-0.15, -0.1) is 0 Å². The average molecular weight is 586 g/mol. The second-order valence-electron chi connectivity index (χ2n) is 8.24. The van der Waals surface area contributed by atoms with Crippen LogP contribution in [0.1, 0.15) is 28.3 Å². The summed E-state index contributed by atoms with van der Waals surface area (Å²) < 4.78 is 104. The summed E-state index contributed by atoms with van der Waals surface area (Å²) in [5.41, 5.74) is 2.77. The van der Waals surface area contributed by atoms with Gasteiger partial charge in [-0.05, 0) is 41.5 Å². The summed E-state index contributed by atoms with van der Waals surface area (Å²) >= 11 is 0. The van der Waals surface area contributed by atoms with Crippen molar-refractivity contribution in [1.29, 1.82) is 0 Å². The van der Waals surface area contributed by atoms with E-state index in [1.807, 2.05) is 0 Å². The third-order valence-corrected chi connectivity index (χ3v) is 5.78. The summed E-state index contributed by atoms with van der Waals surface area (Å²) in [4.78, 5) is 34.5. The first kappa shape index (κ1) is 30.7. The van der Waals surface area contributed by atoms with E-state index in [2.05, 4.69) is 4.99 Å². The van der Waals surface area contributed by atoms with E-state index in [0.29, 0.717) is 17.7 Å². The van der Waals surface area contributed by atoms with E-state index in [9.17, 15) is 35.5 Å². The summed E-state index contributed by atoms with van der Waals surface area (Å²) in [6.07, 6.45) is -11.3. The number of alkyl halides is 6. The van der Waals surface area contributed by atoms with Crippen molar-refractivity contribution in [2.45, 2.75) is 31.3 Å². The summed E-state index contributed by atoms with van der Waals surface area (Å²) in [5.74, 6) is -0.852. The van der Waals surface area contributed by atoms with Crippen LogP contribution in [0.4, 0.5) is 35.5 Å². The number of hydrogen-bond donors (Lipinski definition) is 4. The van der Waals surface area contributed by atoms with Crippen LogP contribution in [0.25, 0.3) is 0 Å². The third-order valence-electron chi connectivity index (χ3n) is 5.39.